The predicted molar refractivity (Wildman–Crippen MR) is 102 cm³/mol. The molecule has 0 unspecified atom stereocenters. The van der Waals surface area contributed by atoms with Crippen molar-refractivity contribution in [2.45, 2.75) is 39.0 Å². The molecule has 0 saturated heterocycles. The van der Waals surface area contributed by atoms with Gasteiger partial charge in [0.25, 0.3) is 5.56 Å². The Labute approximate surface area is 156 Å². The molecule has 3 aromatic rings. The summed E-state index contributed by atoms with van der Waals surface area (Å²) in [6, 6.07) is 11.6. The summed E-state index contributed by atoms with van der Waals surface area (Å²) in [6.45, 7) is 1.83. The maximum absolute atomic E-state index is 12.4. The Bertz CT molecular complexity index is 1040. The normalized spacial score (nSPS) is 12.8. The largest absolute Gasteiger partial charge is 0.310 e. The molecule has 1 aromatic carbocycles. The van der Waals surface area contributed by atoms with E-state index in [1.807, 2.05) is 37.3 Å². The summed E-state index contributed by atoms with van der Waals surface area (Å²) in [5.41, 5.74) is 3.31. The maximum Gasteiger partial charge on any atom is 0.255 e. The molecule has 2 aromatic heterocycles. The minimum atomic E-state index is -0.123. The number of hydrogen-bond acceptors (Lipinski definition) is 4. The molecule has 7 heteroatoms. The van der Waals surface area contributed by atoms with E-state index in [4.69, 9.17) is 0 Å². The van der Waals surface area contributed by atoms with Gasteiger partial charge in [-0.1, -0.05) is 30.3 Å². The number of H-pyrrole nitrogens is 1. The first-order valence-electron chi connectivity index (χ1n) is 9.13. The van der Waals surface area contributed by atoms with Crippen molar-refractivity contribution in [1.29, 1.82) is 0 Å². The topological polar surface area (TPSA) is 92.7 Å². The second-order valence-corrected chi connectivity index (χ2v) is 6.78. The fraction of sp³-hybridized carbons (Fsp3) is 0.300. The molecule has 0 saturated carbocycles. The van der Waals surface area contributed by atoms with Crippen molar-refractivity contribution in [3.8, 4) is 5.95 Å². The third-order valence-electron chi connectivity index (χ3n) is 4.71. The van der Waals surface area contributed by atoms with E-state index in [0.717, 1.165) is 41.8 Å². The van der Waals surface area contributed by atoms with E-state index in [1.54, 1.807) is 6.07 Å². The molecule has 1 amide bonds. The molecular weight excluding hydrogens is 342 g/mol. The summed E-state index contributed by atoms with van der Waals surface area (Å²) >= 11 is 0. The monoisotopic (exact) mass is 363 g/mol. The molecule has 1 aliphatic carbocycles. The number of fused-ring (bicyclic) bond motifs is 1. The van der Waals surface area contributed by atoms with E-state index in [0.29, 0.717) is 24.6 Å². The summed E-state index contributed by atoms with van der Waals surface area (Å²) in [7, 11) is 0. The molecule has 0 atom stereocenters. The molecule has 7 nitrogen and oxygen atoms in total. The van der Waals surface area contributed by atoms with Gasteiger partial charge in [-0.05, 0) is 38.2 Å². The Hall–Kier alpha value is -3.22. The Morgan fingerprint density at radius 1 is 1.26 bits per heavy atom. The average Bonchev–Trinajstić information content (AvgIpc) is 3.27. The third-order valence-corrected chi connectivity index (χ3v) is 4.71. The lowest BCUT2D eigenvalue weighted by atomic mass is 10.1. The van der Waals surface area contributed by atoms with Crippen molar-refractivity contribution in [3.05, 3.63) is 69.3 Å². The van der Waals surface area contributed by atoms with Gasteiger partial charge in [0.05, 0.1) is 11.4 Å². The van der Waals surface area contributed by atoms with E-state index in [2.05, 4.69) is 20.4 Å². The van der Waals surface area contributed by atoms with Gasteiger partial charge >= 0.3 is 0 Å². The van der Waals surface area contributed by atoms with Crippen LogP contribution in [0.1, 0.15) is 35.4 Å². The second kappa shape index (κ2) is 7.19. The Morgan fingerprint density at radius 2 is 2.07 bits per heavy atom. The minimum absolute atomic E-state index is 0.108. The number of carbonyl (C=O) groups excluding carboxylic acids is 1. The van der Waals surface area contributed by atoms with Crippen LogP contribution in [-0.2, 0) is 24.1 Å². The van der Waals surface area contributed by atoms with Crippen molar-refractivity contribution >= 4 is 11.7 Å². The standard InChI is InChI=1S/C20H21N5O2/c1-13-12-17(22-18(26)11-10-14-6-3-2-4-7-14)25(24-13)20-21-16-9-5-8-15(16)19(27)23-20/h2-4,6-7,12H,5,8-11H2,1H3,(H,22,26)(H,21,23,27). The minimum Gasteiger partial charge on any atom is -0.310 e. The summed E-state index contributed by atoms with van der Waals surface area (Å²) in [6.07, 6.45) is 3.52. The molecule has 0 spiro atoms. The van der Waals surface area contributed by atoms with E-state index >= 15 is 0 Å². The van der Waals surface area contributed by atoms with Gasteiger partial charge in [-0.15, -0.1) is 0 Å². The zero-order valence-electron chi connectivity index (χ0n) is 15.2. The number of amides is 1. The summed E-state index contributed by atoms with van der Waals surface area (Å²) in [5.74, 6) is 0.738. The van der Waals surface area contributed by atoms with Crippen LogP contribution >= 0.6 is 0 Å². The van der Waals surface area contributed by atoms with E-state index < -0.39 is 0 Å². The number of benzene rings is 1. The fourth-order valence-corrected chi connectivity index (χ4v) is 3.39. The highest BCUT2D eigenvalue weighted by molar-refractivity contribution is 5.90. The van der Waals surface area contributed by atoms with Crippen LogP contribution in [0.25, 0.3) is 5.95 Å². The maximum atomic E-state index is 12.4. The zero-order chi connectivity index (χ0) is 18.8. The fourth-order valence-electron chi connectivity index (χ4n) is 3.39. The number of rotatable bonds is 5. The number of nitrogens with one attached hydrogen (secondary N) is 2. The summed E-state index contributed by atoms with van der Waals surface area (Å²) in [5, 5.41) is 7.27. The number of nitrogens with zero attached hydrogens (tertiary/aromatic N) is 3. The third kappa shape index (κ3) is 3.67. The molecule has 1 aliphatic rings. The smallest absolute Gasteiger partial charge is 0.255 e. The van der Waals surface area contributed by atoms with Crippen LogP contribution in [0.15, 0.2) is 41.2 Å². The van der Waals surface area contributed by atoms with E-state index in [9.17, 15) is 9.59 Å². The molecule has 138 valence electrons. The van der Waals surface area contributed by atoms with Gasteiger partial charge in [-0.3, -0.25) is 14.6 Å². The first-order valence-corrected chi connectivity index (χ1v) is 9.13. The van der Waals surface area contributed by atoms with Crippen LogP contribution in [0.2, 0.25) is 0 Å². The second-order valence-electron chi connectivity index (χ2n) is 6.78. The molecule has 2 heterocycles. The first-order chi connectivity index (χ1) is 13.1. The quantitative estimate of drug-likeness (QED) is 0.728. The van der Waals surface area contributed by atoms with Crippen LogP contribution in [-0.4, -0.2) is 25.7 Å². The van der Waals surface area contributed by atoms with Crippen molar-refractivity contribution < 1.29 is 4.79 Å². The number of hydrogen-bond donors (Lipinski definition) is 2. The zero-order valence-corrected chi connectivity index (χ0v) is 15.2. The van der Waals surface area contributed by atoms with Crippen molar-refractivity contribution in [1.82, 2.24) is 19.7 Å². The highest BCUT2D eigenvalue weighted by Crippen LogP contribution is 2.19. The number of anilines is 1. The molecular formula is C20H21N5O2. The van der Waals surface area contributed by atoms with E-state index in [1.165, 1.54) is 4.68 Å². The van der Waals surface area contributed by atoms with Gasteiger partial charge in [0.2, 0.25) is 11.9 Å². The molecule has 4 rings (SSSR count). The van der Waals surface area contributed by atoms with Gasteiger partial charge in [0.1, 0.15) is 5.82 Å². The van der Waals surface area contributed by atoms with Gasteiger partial charge in [-0.2, -0.15) is 9.78 Å². The van der Waals surface area contributed by atoms with Crippen LogP contribution in [0.3, 0.4) is 0 Å². The number of aromatic amines is 1. The highest BCUT2D eigenvalue weighted by Gasteiger charge is 2.19. The molecule has 0 radical (unpaired) electrons. The summed E-state index contributed by atoms with van der Waals surface area (Å²) in [4.78, 5) is 32.0. The highest BCUT2D eigenvalue weighted by atomic mass is 16.1. The van der Waals surface area contributed by atoms with Gasteiger partial charge in [-0.25, -0.2) is 4.98 Å². The lowest BCUT2D eigenvalue weighted by molar-refractivity contribution is -0.116. The SMILES string of the molecule is Cc1cc(NC(=O)CCc2ccccc2)n(-c2nc3c(c(=O)[nH]2)CCC3)n1. The Balaban J connectivity index is 1.54. The molecule has 27 heavy (non-hydrogen) atoms. The molecule has 0 bridgehead atoms. The lowest BCUT2D eigenvalue weighted by Crippen LogP contribution is -2.21. The average molecular weight is 363 g/mol. The van der Waals surface area contributed by atoms with Crippen molar-refractivity contribution in [2.24, 2.45) is 0 Å². The molecule has 2 N–H and O–H groups in total. The van der Waals surface area contributed by atoms with Crippen molar-refractivity contribution in [2.75, 3.05) is 5.32 Å². The van der Waals surface area contributed by atoms with Crippen LogP contribution in [0, 0.1) is 6.92 Å². The lowest BCUT2D eigenvalue weighted by Gasteiger charge is -2.09. The Kier molecular flexibility index (Phi) is 4.58. The van der Waals surface area contributed by atoms with Gasteiger partial charge in [0.15, 0.2) is 0 Å². The van der Waals surface area contributed by atoms with E-state index in [-0.39, 0.29) is 11.5 Å². The number of carbonyl (C=O) groups is 1. The Morgan fingerprint density at radius 3 is 2.89 bits per heavy atom. The number of aryl methyl sites for hydroxylation is 3. The summed E-state index contributed by atoms with van der Waals surface area (Å²) < 4.78 is 1.50. The van der Waals surface area contributed by atoms with Crippen LogP contribution in [0.4, 0.5) is 5.82 Å². The molecule has 0 fully saturated rings. The van der Waals surface area contributed by atoms with Gasteiger partial charge < -0.3 is 5.32 Å². The molecule has 0 aliphatic heterocycles. The van der Waals surface area contributed by atoms with Crippen molar-refractivity contribution in [3.63, 3.8) is 0 Å². The van der Waals surface area contributed by atoms with Crippen LogP contribution < -0.4 is 10.9 Å². The predicted octanol–water partition coefficient (Wildman–Crippen LogP) is 2.32. The first kappa shape index (κ1) is 17.2. The number of aromatic nitrogens is 4. The van der Waals surface area contributed by atoms with Gasteiger partial charge in [0, 0.05) is 18.1 Å². The van der Waals surface area contributed by atoms with Crippen LogP contribution in [0.5, 0.6) is 0 Å².